The van der Waals surface area contributed by atoms with E-state index in [0.717, 1.165) is 50.8 Å². The summed E-state index contributed by atoms with van der Waals surface area (Å²) in [6, 6.07) is 3.80. The van der Waals surface area contributed by atoms with E-state index in [1.54, 1.807) is 21.6 Å². The summed E-state index contributed by atoms with van der Waals surface area (Å²) in [5.74, 6) is 0.560. The van der Waals surface area contributed by atoms with Crippen LogP contribution in [-0.2, 0) is 4.79 Å². The summed E-state index contributed by atoms with van der Waals surface area (Å²) >= 11 is 6.72. The maximum Gasteiger partial charge on any atom is 0.267 e. The highest BCUT2D eigenvalue weighted by Crippen LogP contribution is 2.34. The fraction of sp³-hybridized carbons (Fsp3) is 0.455. The van der Waals surface area contributed by atoms with Crippen molar-refractivity contribution in [1.29, 1.82) is 0 Å². The standard InChI is InChI=1S/C22H26N4O2S2/c1-3-4-5-12-26-21(28)17(30-22(26)29)14-16-19(24-10-6-7-11-24)23-18-15(2)9-8-13-25(18)20(16)27/h8-9,13-14H,3-7,10-12H2,1-2H3/b17-14+. The van der Waals surface area contributed by atoms with Crippen molar-refractivity contribution in [3.8, 4) is 0 Å². The van der Waals surface area contributed by atoms with Crippen LogP contribution in [0, 0.1) is 6.92 Å². The predicted octanol–water partition coefficient (Wildman–Crippen LogP) is 3.99. The molecule has 0 unspecified atom stereocenters. The van der Waals surface area contributed by atoms with E-state index in [0.29, 0.717) is 32.8 Å². The number of aromatic nitrogens is 2. The van der Waals surface area contributed by atoms with Crippen LogP contribution in [0.1, 0.15) is 50.2 Å². The zero-order chi connectivity index (χ0) is 21.3. The molecular formula is C22H26N4O2S2. The van der Waals surface area contributed by atoms with Crippen molar-refractivity contribution < 1.29 is 4.79 Å². The average molecular weight is 443 g/mol. The zero-order valence-electron chi connectivity index (χ0n) is 17.4. The molecule has 2 aromatic heterocycles. The van der Waals surface area contributed by atoms with Crippen molar-refractivity contribution in [3.63, 3.8) is 0 Å². The Morgan fingerprint density at radius 1 is 1.23 bits per heavy atom. The van der Waals surface area contributed by atoms with Gasteiger partial charge in [-0.25, -0.2) is 4.98 Å². The van der Waals surface area contributed by atoms with Gasteiger partial charge >= 0.3 is 0 Å². The summed E-state index contributed by atoms with van der Waals surface area (Å²) in [5, 5.41) is 0. The van der Waals surface area contributed by atoms with Crippen LogP contribution in [0.5, 0.6) is 0 Å². The van der Waals surface area contributed by atoms with Gasteiger partial charge in [0.05, 0.1) is 10.5 Å². The molecule has 2 aliphatic rings. The minimum Gasteiger partial charge on any atom is -0.356 e. The molecule has 0 bridgehead atoms. The number of carbonyl (C=O) groups excluding carboxylic acids is 1. The highest BCUT2D eigenvalue weighted by molar-refractivity contribution is 8.26. The normalized spacial score (nSPS) is 18.4. The lowest BCUT2D eigenvalue weighted by Gasteiger charge is -2.20. The van der Waals surface area contributed by atoms with Gasteiger partial charge in [-0.1, -0.05) is 49.8 Å². The van der Waals surface area contributed by atoms with Gasteiger partial charge in [-0.3, -0.25) is 18.9 Å². The third kappa shape index (κ3) is 3.90. The van der Waals surface area contributed by atoms with E-state index >= 15 is 0 Å². The minimum absolute atomic E-state index is 0.109. The Morgan fingerprint density at radius 3 is 2.73 bits per heavy atom. The molecule has 0 N–H and O–H groups in total. The summed E-state index contributed by atoms with van der Waals surface area (Å²) in [4.78, 5) is 35.6. The number of hydrogen-bond donors (Lipinski definition) is 0. The third-order valence-electron chi connectivity index (χ3n) is 5.60. The number of thioether (sulfide) groups is 1. The smallest absolute Gasteiger partial charge is 0.267 e. The van der Waals surface area contributed by atoms with Crippen LogP contribution in [0.4, 0.5) is 5.82 Å². The van der Waals surface area contributed by atoms with Gasteiger partial charge in [0.1, 0.15) is 15.8 Å². The maximum absolute atomic E-state index is 13.4. The van der Waals surface area contributed by atoms with Gasteiger partial charge in [-0.15, -0.1) is 0 Å². The molecular weight excluding hydrogens is 416 g/mol. The molecule has 2 fully saturated rings. The van der Waals surface area contributed by atoms with Crippen LogP contribution < -0.4 is 10.5 Å². The molecule has 158 valence electrons. The number of fused-ring (bicyclic) bond motifs is 1. The summed E-state index contributed by atoms with van der Waals surface area (Å²) < 4.78 is 2.14. The second-order valence-corrected chi connectivity index (χ2v) is 9.45. The Balaban J connectivity index is 1.79. The number of anilines is 1. The first kappa shape index (κ1) is 21.1. The van der Waals surface area contributed by atoms with Crippen LogP contribution in [0.15, 0.2) is 28.0 Å². The summed E-state index contributed by atoms with van der Waals surface area (Å²) in [6.45, 7) is 6.45. The minimum atomic E-state index is -0.151. The molecule has 30 heavy (non-hydrogen) atoms. The molecule has 2 aliphatic heterocycles. The molecule has 0 spiro atoms. The molecule has 2 saturated heterocycles. The largest absolute Gasteiger partial charge is 0.356 e. The number of rotatable bonds is 6. The van der Waals surface area contributed by atoms with Gasteiger partial charge in [0.2, 0.25) is 0 Å². The third-order valence-corrected chi connectivity index (χ3v) is 6.98. The van der Waals surface area contributed by atoms with E-state index in [9.17, 15) is 9.59 Å². The molecule has 6 nitrogen and oxygen atoms in total. The van der Waals surface area contributed by atoms with E-state index in [1.807, 2.05) is 19.1 Å². The fourth-order valence-corrected chi connectivity index (χ4v) is 5.23. The Labute approximate surface area is 186 Å². The molecule has 8 heteroatoms. The molecule has 0 atom stereocenters. The van der Waals surface area contributed by atoms with Gasteiger partial charge in [-0.05, 0) is 43.9 Å². The number of unbranched alkanes of at least 4 members (excludes halogenated alkanes) is 2. The van der Waals surface area contributed by atoms with Gasteiger partial charge in [0, 0.05) is 25.8 Å². The fourth-order valence-electron chi connectivity index (χ4n) is 3.94. The second kappa shape index (κ2) is 8.89. The Kier molecular flexibility index (Phi) is 6.24. The lowest BCUT2D eigenvalue weighted by atomic mass is 10.2. The maximum atomic E-state index is 13.4. The highest BCUT2D eigenvalue weighted by atomic mass is 32.2. The number of carbonyl (C=O) groups is 1. The zero-order valence-corrected chi connectivity index (χ0v) is 19.0. The lowest BCUT2D eigenvalue weighted by Crippen LogP contribution is -2.29. The monoisotopic (exact) mass is 442 g/mol. The lowest BCUT2D eigenvalue weighted by molar-refractivity contribution is -0.122. The van der Waals surface area contributed by atoms with Crippen molar-refractivity contribution in [2.75, 3.05) is 24.5 Å². The van der Waals surface area contributed by atoms with E-state index in [4.69, 9.17) is 17.2 Å². The van der Waals surface area contributed by atoms with Crippen LogP contribution in [0.3, 0.4) is 0 Å². The van der Waals surface area contributed by atoms with Gasteiger partial charge in [-0.2, -0.15) is 0 Å². The molecule has 1 amide bonds. The van der Waals surface area contributed by atoms with Crippen LogP contribution in [-0.4, -0.2) is 44.1 Å². The molecule has 0 radical (unpaired) electrons. The SMILES string of the molecule is CCCCCN1C(=O)/C(=C\c2c(N3CCCC3)nc3c(C)cccn3c2=O)SC1=S. The van der Waals surface area contributed by atoms with Gasteiger partial charge in [0.15, 0.2) is 0 Å². The quantitative estimate of drug-likeness (QED) is 0.383. The number of hydrogen-bond acceptors (Lipinski definition) is 6. The topological polar surface area (TPSA) is 57.9 Å². The summed E-state index contributed by atoms with van der Waals surface area (Å²) in [7, 11) is 0. The Hall–Kier alpha value is -2.19. The van der Waals surface area contributed by atoms with Gasteiger partial charge in [0.25, 0.3) is 11.5 Å². The van der Waals surface area contributed by atoms with E-state index < -0.39 is 0 Å². The first-order valence-corrected chi connectivity index (χ1v) is 11.8. The number of amides is 1. The van der Waals surface area contributed by atoms with Crippen molar-refractivity contribution in [1.82, 2.24) is 14.3 Å². The second-order valence-electron chi connectivity index (χ2n) is 7.77. The van der Waals surface area contributed by atoms with Crippen LogP contribution in [0.2, 0.25) is 0 Å². The van der Waals surface area contributed by atoms with Gasteiger partial charge < -0.3 is 4.90 Å². The molecule has 0 aromatic carbocycles. The van der Waals surface area contributed by atoms with E-state index in [2.05, 4.69) is 11.8 Å². The number of thiocarbonyl (C=S) groups is 1. The average Bonchev–Trinajstić information content (AvgIpc) is 3.35. The molecule has 2 aromatic rings. The molecule has 0 aliphatic carbocycles. The Bertz CT molecular complexity index is 1090. The van der Waals surface area contributed by atoms with Crippen LogP contribution in [0.25, 0.3) is 11.7 Å². The van der Waals surface area contributed by atoms with Crippen molar-refractivity contribution >= 4 is 51.7 Å². The number of pyridine rings is 1. The predicted molar refractivity (Wildman–Crippen MR) is 127 cm³/mol. The van der Waals surface area contributed by atoms with Crippen LogP contribution >= 0.6 is 24.0 Å². The summed E-state index contributed by atoms with van der Waals surface area (Å²) in [6.07, 6.45) is 8.67. The number of aryl methyl sites for hydroxylation is 1. The molecule has 4 rings (SSSR count). The van der Waals surface area contributed by atoms with Crippen molar-refractivity contribution in [2.45, 2.75) is 46.0 Å². The number of nitrogens with zero attached hydrogens (tertiary/aromatic N) is 4. The molecule has 0 saturated carbocycles. The molecule has 4 heterocycles. The van der Waals surface area contributed by atoms with E-state index in [-0.39, 0.29) is 11.5 Å². The van der Waals surface area contributed by atoms with Crippen molar-refractivity contribution in [3.05, 3.63) is 44.7 Å². The van der Waals surface area contributed by atoms with Crippen molar-refractivity contribution in [2.24, 2.45) is 0 Å². The first-order valence-electron chi connectivity index (χ1n) is 10.5. The van der Waals surface area contributed by atoms with E-state index in [1.165, 1.54) is 11.8 Å². The summed E-state index contributed by atoms with van der Waals surface area (Å²) in [5.41, 5.74) is 1.92. The highest BCUT2D eigenvalue weighted by Gasteiger charge is 2.32. The Morgan fingerprint density at radius 2 is 2.00 bits per heavy atom. The first-order chi connectivity index (χ1) is 14.5.